The Morgan fingerprint density at radius 1 is 1.16 bits per heavy atom. The van der Waals surface area contributed by atoms with Crippen LogP contribution in [0.25, 0.3) is 11.1 Å². The van der Waals surface area contributed by atoms with Crippen LogP contribution in [0.15, 0.2) is 50.5 Å². The van der Waals surface area contributed by atoms with Crippen molar-refractivity contribution in [2.75, 3.05) is 0 Å². The van der Waals surface area contributed by atoms with Crippen molar-refractivity contribution in [3.8, 4) is 0 Å². The number of rotatable bonds is 2. The van der Waals surface area contributed by atoms with Gasteiger partial charge in [0.1, 0.15) is 5.82 Å². The maximum absolute atomic E-state index is 12.8. The molecule has 0 saturated heterocycles. The Balaban J connectivity index is 2.05. The minimum Gasteiger partial charge on any atom is -0.408 e. The smallest absolute Gasteiger partial charge is 0.408 e. The minimum absolute atomic E-state index is 0.134. The Kier molecular flexibility index (Phi) is 2.56. The molecule has 3 rings (SSSR count). The molecule has 0 saturated carbocycles. The molecule has 0 spiro atoms. The molecule has 0 fully saturated rings. The number of fused-ring (bicyclic) bond motifs is 1. The van der Waals surface area contributed by atoms with Crippen LogP contribution in [-0.4, -0.2) is 9.55 Å². The van der Waals surface area contributed by atoms with Gasteiger partial charge in [-0.15, -0.1) is 0 Å². The molecule has 96 valence electrons. The number of hydrogen-bond acceptors (Lipinski definition) is 3. The van der Waals surface area contributed by atoms with Crippen LogP contribution in [0.4, 0.5) is 4.39 Å². The van der Waals surface area contributed by atoms with Crippen LogP contribution in [0.5, 0.6) is 0 Å². The minimum atomic E-state index is -0.661. The van der Waals surface area contributed by atoms with Crippen molar-refractivity contribution >= 4 is 11.1 Å². The maximum atomic E-state index is 12.8. The quantitative estimate of drug-likeness (QED) is 0.758. The van der Waals surface area contributed by atoms with E-state index < -0.39 is 5.76 Å². The van der Waals surface area contributed by atoms with E-state index in [1.807, 2.05) is 0 Å². The Hall–Kier alpha value is -2.63. The van der Waals surface area contributed by atoms with E-state index in [2.05, 4.69) is 4.98 Å². The van der Waals surface area contributed by atoms with Crippen molar-refractivity contribution < 1.29 is 8.81 Å². The number of benzene rings is 1. The zero-order valence-corrected chi connectivity index (χ0v) is 9.72. The number of hydrogen-bond donors (Lipinski definition) is 1. The number of H-pyrrole nitrogens is 1. The first-order valence-electron chi connectivity index (χ1n) is 5.60. The van der Waals surface area contributed by atoms with Gasteiger partial charge in [-0.2, -0.15) is 0 Å². The van der Waals surface area contributed by atoms with Crippen molar-refractivity contribution in [2.45, 2.75) is 6.54 Å². The summed E-state index contributed by atoms with van der Waals surface area (Å²) < 4.78 is 19.0. The third kappa shape index (κ3) is 2.08. The van der Waals surface area contributed by atoms with Crippen LogP contribution >= 0.6 is 0 Å². The molecule has 0 aliphatic carbocycles. The van der Waals surface area contributed by atoms with Gasteiger partial charge in [0, 0.05) is 6.20 Å². The molecule has 0 aliphatic heterocycles. The highest BCUT2D eigenvalue weighted by atomic mass is 19.1. The van der Waals surface area contributed by atoms with Gasteiger partial charge in [-0.1, -0.05) is 12.1 Å². The zero-order valence-electron chi connectivity index (χ0n) is 9.72. The molecular weight excluding hydrogens is 251 g/mol. The first-order chi connectivity index (χ1) is 9.13. The summed E-state index contributed by atoms with van der Waals surface area (Å²) >= 11 is 0. The van der Waals surface area contributed by atoms with E-state index in [1.165, 1.54) is 29.0 Å². The van der Waals surface area contributed by atoms with Crippen LogP contribution in [0.1, 0.15) is 5.56 Å². The second-order valence-electron chi connectivity index (χ2n) is 4.13. The largest absolute Gasteiger partial charge is 0.417 e. The van der Waals surface area contributed by atoms with Crippen LogP contribution in [0.2, 0.25) is 0 Å². The fourth-order valence-corrected chi connectivity index (χ4v) is 1.90. The summed E-state index contributed by atoms with van der Waals surface area (Å²) in [5, 5.41) is 0. The lowest BCUT2D eigenvalue weighted by atomic mass is 10.2. The Bertz CT molecular complexity index is 843. The first kappa shape index (κ1) is 11.5. The first-order valence-corrected chi connectivity index (χ1v) is 5.60. The van der Waals surface area contributed by atoms with Crippen LogP contribution in [0, 0.1) is 5.82 Å². The summed E-state index contributed by atoms with van der Waals surface area (Å²) in [4.78, 5) is 25.5. The monoisotopic (exact) mass is 260 g/mol. The molecule has 0 amide bonds. The summed E-state index contributed by atoms with van der Waals surface area (Å²) in [5.41, 5.74) is 0.793. The lowest BCUT2D eigenvalue weighted by Crippen LogP contribution is -2.20. The predicted octanol–water partition coefficient (Wildman–Crippen LogP) is 1.47. The molecule has 5 nitrogen and oxygen atoms in total. The third-order valence-corrected chi connectivity index (χ3v) is 2.82. The summed E-state index contributed by atoms with van der Waals surface area (Å²) in [6.07, 6.45) is 1.53. The normalized spacial score (nSPS) is 11.0. The zero-order chi connectivity index (χ0) is 13.4. The second-order valence-corrected chi connectivity index (χ2v) is 4.13. The van der Waals surface area contributed by atoms with Gasteiger partial charge in [0.15, 0.2) is 11.1 Å². The van der Waals surface area contributed by atoms with Crippen LogP contribution in [-0.2, 0) is 6.54 Å². The molecule has 0 aliphatic rings. The Morgan fingerprint density at radius 2 is 1.89 bits per heavy atom. The molecule has 2 aromatic heterocycles. The lowest BCUT2D eigenvalue weighted by molar-refractivity contribution is 0.555. The highest BCUT2D eigenvalue weighted by Gasteiger charge is 2.08. The van der Waals surface area contributed by atoms with Gasteiger partial charge >= 0.3 is 5.76 Å². The summed E-state index contributed by atoms with van der Waals surface area (Å²) in [6.45, 7) is 0.294. The van der Waals surface area contributed by atoms with Gasteiger partial charge in [-0.3, -0.25) is 9.78 Å². The number of aromatic amines is 1. The van der Waals surface area contributed by atoms with E-state index in [0.717, 1.165) is 5.56 Å². The number of pyridine rings is 1. The Labute approximate surface area is 105 Å². The molecule has 0 bridgehead atoms. The second kappa shape index (κ2) is 4.24. The van der Waals surface area contributed by atoms with Crippen molar-refractivity contribution in [3.63, 3.8) is 0 Å². The van der Waals surface area contributed by atoms with Crippen LogP contribution < -0.4 is 11.3 Å². The van der Waals surface area contributed by atoms with E-state index in [1.54, 1.807) is 12.1 Å². The number of halogens is 1. The highest BCUT2D eigenvalue weighted by molar-refractivity contribution is 5.70. The molecule has 0 radical (unpaired) electrons. The highest BCUT2D eigenvalue weighted by Crippen LogP contribution is 2.07. The molecule has 2 heterocycles. The molecule has 0 unspecified atom stereocenters. The van der Waals surface area contributed by atoms with Crippen molar-refractivity contribution in [2.24, 2.45) is 0 Å². The number of nitrogens with one attached hydrogen (secondary N) is 1. The molecule has 3 aromatic rings. The maximum Gasteiger partial charge on any atom is 0.417 e. The predicted molar refractivity (Wildman–Crippen MR) is 66.6 cm³/mol. The van der Waals surface area contributed by atoms with Gasteiger partial charge in [-0.05, 0) is 23.8 Å². The lowest BCUT2D eigenvalue weighted by Gasteiger charge is -2.05. The van der Waals surface area contributed by atoms with E-state index in [9.17, 15) is 14.0 Å². The summed E-state index contributed by atoms with van der Waals surface area (Å²) in [7, 11) is 0. The molecule has 1 aromatic carbocycles. The van der Waals surface area contributed by atoms with Gasteiger partial charge in [0.2, 0.25) is 0 Å². The third-order valence-electron chi connectivity index (χ3n) is 2.82. The van der Waals surface area contributed by atoms with Gasteiger partial charge in [-0.25, -0.2) is 9.18 Å². The number of aromatic nitrogens is 2. The van der Waals surface area contributed by atoms with Crippen molar-refractivity contribution in [1.82, 2.24) is 9.55 Å². The molecule has 6 heteroatoms. The summed E-state index contributed by atoms with van der Waals surface area (Å²) in [6, 6.07) is 7.41. The Morgan fingerprint density at radius 3 is 2.63 bits per heavy atom. The SMILES string of the molecule is O=c1[nH]c2c(=O)n(Cc3ccc(F)cc3)ccc2o1. The van der Waals surface area contributed by atoms with Gasteiger partial charge in [0.25, 0.3) is 5.56 Å². The van der Waals surface area contributed by atoms with E-state index >= 15 is 0 Å². The van der Waals surface area contributed by atoms with Crippen molar-refractivity contribution in [3.05, 3.63) is 68.8 Å². The standard InChI is InChI=1S/C13H9FN2O3/c14-9-3-1-8(2-4-9)7-16-6-5-10-11(12(16)17)15-13(18)19-10/h1-6H,7H2,(H,15,18). The van der Waals surface area contributed by atoms with Crippen molar-refractivity contribution in [1.29, 1.82) is 0 Å². The summed E-state index contributed by atoms with van der Waals surface area (Å²) in [5.74, 6) is -0.989. The number of oxazole rings is 1. The molecule has 1 N–H and O–H groups in total. The average Bonchev–Trinajstić information content (AvgIpc) is 2.77. The van der Waals surface area contributed by atoms with E-state index in [-0.39, 0.29) is 22.5 Å². The van der Waals surface area contributed by atoms with E-state index in [4.69, 9.17) is 4.42 Å². The van der Waals surface area contributed by atoms with Gasteiger partial charge < -0.3 is 8.98 Å². The van der Waals surface area contributed by atoms with Gasteiger partial charge in [0.05, 0.1) is 6.54 Å². The molecular formula is C13H9FN2O3. The average molecular weight is 260 g/mol. The number of nitrogens with zero attached hydrogens (tertiary/aromatic N) is 1. The topological polar surface area (TPSA) is 68.0 Å². The fraction of sp³-hybridized carbons (Fsp3) is 0.0769. The molecule has 19 heavy (non-hydrogen) atoms. The molecule has 0 atom stereocenters. The van der Waals surface area contributed by atoms with Crippen LogP contribution in [0.3, 0.4) is 0 Å². The fourth-order valence-electron chi connectivity index (χ4n) is 1.90. The van der Waals surface area contributed by atoms with E-state index in [0.29, 0.717) is 6.54 Å².